The molecule has 5 heteroatoms. The van der Waals surface area contributed by atoms with Crippen LogP contribution in [0.2, 0.25) is 0 Å². The number of carbonyl (C=O) groups is 1. The van der Waals surface area contributed by atoms with Crippen LogP contribution in [-0.4, -0.2) is 22.7 Å². The van der Waals surface area contributed by atoms with E-state index in [1.165, 1.54) is 5.56 Å². The number of oxazole rings is 1. The van der Waals surface area contributed by atoms with Crippen molar-refractivity contribution in [3.8, 4) is 5.75 Å². The smallest absolute Gasteiger partial charge is 0.306 e. The van der Waals surface area contributed by atoms with E-state index in [2.05, 4.69) is 29.3 Å². The van der Waals surface area contributed by atoms with Crippen molar-refractivity contribution in [3.63, 3.8) is 0 Å². The first kappa shape index (κ1) is 19.5. The van der Waals surface area contributed by atoms with E-state index in [1.54, 1.807) is 6.92 Å². The van der Waals surface area contributed by atoms with E-state index >= 15 is 0 Å². The molecule has 0 bridgehead atoms. The van der Waals surface area contributed by atoms with Gasteiger partial charge in [-0.15, -0.1) is 0 Å². The predicted molar refractivity (Wildman–Crippen MR) is 111 cm³/mol. The van der Waals surface area contributed by atoms with Gasteiger partial charge in [0.25, 0.3) is 0 Å². The van der Waals surface area contributed by atoms with E-state index < -0.39 is 5.97 Å². The lowest BCUT2D eigenvalue weighted by Gasteiger charge is -2.16. The van der Waals surface area contributed by atoms with Crippen molar-refractivity contribution in [1.29, 1.82) is 0 Å². The monoisotopic (exact) mass is 393 g/mol. The number of carboxylic acids is 1. The minimum atomic E-state index is -0.731. The Morgan fingerprint density at radius 3 is 3.00 bits per heavy atom. The lowest BCUT2D eigenvalue weighted by Crippen LogP contribution is -2.17. The summed E-state index contributed by atoms with van der Waals surface area (Å²) in [5.74, 6) is 1.35. The number of hydrogen-bond acceptors (Lipinski definition) is 4. The van der Waals surface area contributed by atoms with Crippen LogP contribution in [-0.2, 0) is 17.6 Å². The number of rotatable bonds is 7. The van der Waals surface area contributed by atoms with Gasteiger partial charge in [-0.1, -0.05) is 31.2 Å². The Balaban J connectivity index is 1.37. The van der Waals surface area contributed by atoms with Crippen molar-refractivity contribution in [2.75, 3.05) is 6.61 Å². The molecule has 2 aromatic rings. The Bertz CT molecular complexity index is 969. The van der Waals surface area contributed by atoms with Gasteiger partial charge in [0, 0.05) is 12.0 Å². The summed E-state index contributed by atoms with van der Waals surface area (Å²) in [6, 6.07) is 6.04. The van der Waals surface area contributed by atoms with E-state index in [0.29, 0.717) is 18.9 Å². The third kappa shape index (κ3) is 4.14. The second-order valence-electron chi connectivity index (χ2n) is 7.89. The molecule has 2 atom stereocenters. The molecule has 1 aromatic carbocycles. The van der Waals surface area contributed by atoms with Crippen molar-refractivity contribution in [2.24, 2.45) is 5.92 Å². The Hall–Kier alpha value is -2.82. The minimum Gasteiger partial charge on any atom is -0.493 e. The van der Waals surface area contributed by atoms with Gasteiger partial charge in [0.1, 0.15) is 11.5 Å². The van der Waals surface area contributed by atoms with Crippen molar-refractivity contribution >= 4 is 11.5 Å². The molecule has 0 saturated heterocycles. The quantitative estimate of drug-likeness (QED) is 0.709. The maximum Gasteiger partial charge on any atom is 0.306 e. The molecule has 1 heterocycles. The minimum absolute atomic E-state index is 0.0934. The third-order valence-corrected chi connectivity index (χ3v) is 5.97. The highest BCUT2D eigenvalue weighted by Gasteiger charge is 2.31. The van der Waals surface area contributed by atoms with Crippen molar-refractivity contribution in [1.82, 2.24) is 4.98 Å². The van der Waals surface area contributed by atoms with Gasteiger partial charge in [-0.2, -0.15) is 0 Å². The van der Waals surface area contributed by atoms with E-state index in [0.717, 1.165) is 54.0 Å². The van der Waals surface area contributed by atoms with Crippen LogP contribution < -0.4 is 4.74 Å². The Kier molecular flexibility index (Phi) is 5.56. The molecule has 0 radical (unpaired) electrons. The molecule has 2 aliphatic carbocycles. The van der Waals surface area contributed by atoms with Crippen molar-refractivity contribution < 1.29 is 19.1 Å². The zero-order valence-electron chi connectivity index (χ0n) is 17.0. The number of aromatic nitrogens is 1. The van der Waals surface area contributed by atoms with Gasteiger partial charge in [0.2, 0.25) is 5.89 Å². The zero-order chi connectivity index (χ0) is 20.4. The fourth-order valence-electron chi connectivity index (χ4n) is 4.23. The molecule has 0 fully saturated rings. The van der Waals surface area contributed by atoms with Crippen LogP contribution in [0, 0.1) is 12.8 Å². The first-order chi connectivity index (χ1) is 14.0. The number of ether oxygens (including phenoxy) is 1. The van der Waals surface area contributed by atoms with Crippen LogP contribution in [0.5, 0.6) is 5.75 Å². The third-order valence-electron chi connectivity index (χ3n) is 5.97. The summed E-state index contributed by atoms with van der Waals surface area (Å²) in [6.45, 7) is 4.26. The number of fused-ring (bicyclic) bond motifs is 1. The first-order valence-electron chi connectivity index (χ1n) is 10.3. The molecule has 1 aromatic heterocycles. The molecule has 4 rings (SSSR count). The van der Waals surface area contributed by atoms with Crippen molar-refractivity contribution in [2.45, 2.75) is 51.9 Å². The van der Waals surface area contributed by atoms with E-state index in [1.807, 2.05) is 19.1 Å². The number of aliphatic carboxylic acids is 1. The number of allylic oxidation sites excluding steroid dienone is 4. The van der Waals surface area contributed by atoms with Gasteiger partial charge in [-0.25, -0.2) is 4.98 Å². The summed E-state index contributed by atoms with van der Waals surface area (Å²) >= 11 is 0. The van der Waals surface area contributed by atoms with Crippen LogP contribution in [0.15, 0.2) is 40.8 Å². The molecule has 0 unspecified atom stereocenters. The molecule has 0 amide bonds. The molecule has 0 spiro atoms. The highest BCUT2D eigenvalue weighted by Crippen LogP contribution is 2.40. The first-order valence-corrected chi connectivity index (χ1v) is 10.3. The van der Waals surface area contributed by atoms with E-state index in [9.17, 15) is 9.90 Å². The largest absolute Gasteiger partial charge is 0.493 e. The highest BCUT2D eigenvalue weighted by atomic mass is 16.5. The summed E-state index contributed by atoms with van der Waals surface area (Å²) in [6.07, 6.45) is 10.9. The van der Waals surface area contributed by atoms with E-state index in [-0.39, 0.29) is 11.8 Å². The summed E-state index contributed by atoms with van der Waals surface area (Å²) in [5.41, 5.74) is 4.33. The molecule has 152 valence electrons. The normalized spacial score (nSPS) is 19.0. The Morgan fingerprint density at radius 2 is 2.24 bits per heavy atom. The molecule has 29 heavy (non-hydrogen) atoms. The second-order valence-corrected chi connectivity index (χ2v) is 7.89. The molecule has 5 nitrogen and oxygen atoms in total. The zero-order valence-corrected chi connectivity index (χ0v) is 17.0. The van der Waals surface area contributed by atoms with Gasteiger partial charge >= 0.3 is 5.97 Å². The van der Waals surface area contributed by atoms with Crippen LogP contribution in [0.4, 0.5) is 0 Å². The number of hydrogen-bond donors (Lipinski definition) is 1. The maximum atomic E-state index is 11.3. The molecule has 0 aliphatic heterocycles. The average molecular weight is 393 g/mol. The molecular formula is C24H27NO4. The number of carboxylic acid groups (broad SMARTS) is 1. The van der Waals surface area contributed by atoms with Crippen LogP contribution in [0.3, 0.4) is 0 Å². The summed E-state index contributed by atoms with van der Waals surface area (Å²) in [7, 11) is 0. The molecule has 1 N–H and O–H groups in total. The molecule has 0 saturated carbocycles. The Labute approximate surface area is 171 Å². The number of nitrogens with zero attached hydrogens (tertiary/aromatic N) is 1. The van der Waals surface area contributed by atoms with Gasteiger partial charge < -0.3 is 14.3 Å². The van der Waals surface area contributed by atoms with Gasteiger partial charge in [0.15, 0.2) is 0 Å². The summed E-state index contributed by atoms with van der Waals surface area (Å²) in [4.78, 5) is 16.0. The summed E-state index contributed by atoms with van der Waals surface area (Å²) < 4.78 is 11.8. The predicted octanol–water partition coefficient (Wildman–Crippen LogP) is 5.09. The lowest BCUT2D eigenvalue weighted by molar-refractivity contribution is -0.141. The number of benzene rings is 1. The maximum absolute atomic E-state index is 11.3. The van der Waals surface area contributed by atoms with Crippen LogP contribution in [0.1, 0.15) is 60.6 Å². The van der Waals surface area contributed by atoms with Crippen LogP contribution in [0.25, 0.3) is 5.57 Å². The fourth-order valence-corrected chi connectivity index (χ4v) is 4.23. The van der Waals surface area contributed by atoms with Gasteiger partial charge in [-0.05, 0) is 61.8 Å². The number of aryl methyl sites for hydroxylation is 2. The summed E-state index contributed by atoms with van der Waals surface area (Å²) in [5, 5.41) is 9.31. The fraction of sp³-hybridized carbons (Fsp3) is 0.417. The molecule has 2 aliphatic rings. The second kappa shape index (κ2) is 8.27. The Morgan fingerprint density at radius 1 is 1.38 bits per heavy atom. The average Bonchev–Trinajstić information content (AvgIpc) is 3.31. The topological polar surface area (TPSA) is 72.6 Å². The molecular weight excluding hydrogens is 366 g/mol. The standard InChI is InChI=1S/C24H27NO4/c1-15(24(26)27)20-10-8-18-14-19(9-11-21(18)20)28-13-12-22-16(2)29-23(25-22)17-6-4-3-5-7-17/h4,6-7,9,11,14-15,20H,3,5,8,10,12-13H2,1-2H3,(H,26,27)/t15-,20-/m1/s1. The van der Waals surface area contributed by atoms with Crippen LogP contribution >= 0.6 is 0 Å². The SMILES string of the molecule is Cc1oc(C2=CCCC=C2)nc1CCOc1ccc2c(c1)CC[C@@H]2[C@@H](C)C(=O)O. The lowest BCUT2D eigenvalue weighted by atomic mass is 9.89. The highest BCUT2D eigenvalue weighted by molar-refractivity contribution is 5.71. The van der Waals surface area contributed by atoms with Gasteiger partial charge in [0.05, 0.1) is 18.2 Å². The van der Waals surface area contributed by atoms with Gasteiger partial charge in [-0.3, -0.25) is 4.79 Å². The van der Waals surface area contributed by atoms with Crippen molar-refractivity contribution in [3.05, 3.63) is 64.9 Å². The van der Waals surface area contributed by atoms with E-state index in [4.69, 9.17) is 9.15 Å².